The second-order valence-corrected chi connectivity index (χ2v) is 11.2. The minimum Gasteiger partial charge on any atom is -0.508 e. The number of phenols is 3. The van der Waals surface area contributed by atoms with E-state index >= 15 is 0 Å². The lowest BCUT2D eigenvalue weighted by Gasteiger charge is -2.45. The molecule has 0 unspecified atom stereocenters. The molecule has 0 radical (unpaired) electrons. The maximum atomic E-state index is 14.3. The number of ether oxygens (including phenoxy) is 2. The van der Waals surface area contributed by atoms with Crippen LogP contribution >= 0.6 is 0 Å². The zero-order valence-corrected chi connectivity index (χ0v) is 25.3. The van der Waals surface area contributed by atoms with Crippen LogP contribution in [-0.2, 0) is 9.53 Å². The average molecular weight is 667 g/mol. The van der Waals surface area contributed by atoms with E-state index in [9.17, 15) is 45.3 Å². The summed E-state index contributed by atoms with van der Waals surface area (Å²) in [6, 6.07) is 15.8. The molecule has 0 spiro atoms. The number of phenolic OH excluding ortho intramolecular Hbond substituents is 3. The number of carboxylic acids is 1. The summed E-state index contributed by atoms with van der Waals surface area (Å²) in [5.74, 6) is -5.54. The molecule has 3 aromatic carbocycles. The van der Waals surface area contributed by atoms with Crippen molar-refractivity contribution in [2.75, 3.05) is 20.1 Å². The van der Waals surface area contributed by atoms with Crippen molar-refractivity contribution in [1.82, 2.24) is 5.32 Å². The number of rotatable bonds is 10. The molecule has 12 N–H and O–H groups in total. The molecule has 16 nitrogen and oxygen atoms in total. The number of nitrogens with zero attached hydrogens (tertiary/aromatic N) is 1. The van der Waals surface area contributed by atoms with Crippen molar-refractivity contribution in [3.8, 4) is 34.3 Å². The number of hydrogen-bond donors (Lipinski definition) is 10. The molecule has 1 aliphatic rings. The third kappa shape index (κ3) is 6.17. The molecule has 1 aliphatic heterocycles. The largest absolute Gasteiger partial charge is 0.508 e. The molecule has 4 aromatic rings. The molecular weight excluding hydrogens is 632 g/mol. The molecule has 5 rings (SSSR count). The fraction of sp³-hybridized carbons (Fsp3) is 0.281. The van der Waals surface area contributed by atoms with Gasteiger partial charge in [0.15, 0.2) is 23.6 Å². The number of benzene rings is 3. The average Bonchev–Trinajstić information content (AvgIpc) is 3.06. The van der Waals surface area contributed by atoms with Gasteiger partial charge in [-0.3, -0.25) is 9.79 Å². The van der Waals surface area contributed by atoms with Crippen molar-refractivity contribution < 1.29 is 54.4 Å². The van der Waals surface area contributed by atoms with Crippen LogP contribution in [-0.4, -0.2) is 98.0 Å². The van der Waals surface area contributed by atoms with Crippen LogP contribution in [0.3, 0.4) is 0 Å². The number of carboxylic acid groups (broad SMARTS) is 1. The molecule has 1 aromatic heterocycles. The predicted octanol–water partition coefficient (Wildman–Crippen LogP) is -0.157. The van der Waals surface area contributed by atoms with E-state index in [2.05, 4.69) is 10.3 Å². The summed E-state index contributed by atoms with van der Waals surface area (Å²) in [7, 11) is 1.69. The lowest BCUT2D eigenvalue weighted by atomic mass is 9.84. The summed E-state index contributed by atoms with van der Waals surface area (Å²) in [4.78, 5) is 29.8. The first kappa shape index (κ1) is 34.0. The third-order valence-electron chi connectivity index (χ3n) is 8.07. The van der Waals surface area contributed by atoms with E-state index in [-0.39, 0.29) is 29.2 Å². The molecule has 0 saturated carbocycles. The van der Waals surface area contributed by atoms with Gasteiger partial charge < -0.3 is 66.4 Å². The van der Waals surface area contributed by atoms with Gasteiger partial charge in [-0.15, -0.1) is 0 Å². The molecule has 0 amide bonds. The number of fused-ring (bicyclic) bond motifs is 1. The minimum atomic E-state index is -2.72. The van der Waals surface area contributed by atoms with Gasteiger partial charge in [-0.25, -0.2) is 4.79 Å². The molecule has 6 atom stereocenters. The van der Waals surface area contributed by atoms with Gasteiger partial charge in [0.25, 0.3) is 0 Å². The lowest BCUT2D eigenvalue weighted by molar-refractivity contribution is -0.303. The van der Waals surface area contributed by atoms with Crippen molar-refractivity contribution in [1.29, 1.82) is 0 Å². The number of hydrogen-bond acceptors (Lipinski definition) is 13. The Kier molecular flexibility index (Phi) is 9.47. The molecule has 16 heteroatoms. The summed E-state index contributed by atoms with van der Waals surface area (Å²) in [6.07, 6.45) is -8.74. The first-order chi connectivity index (χ1) is 22.8. The number of aliphatic hydroxyl groups is 3. The lowest BCUT2D eigenvalue weighted by Crippen LogP contribution is -2.70. The van der Waals surface area contributed by atoms with Crippen LogP contribution in [0.1, 0.15) is 17.0 Å². The highest BCUT2D eigenvalue weighted by atomic mass is 16.7. The van der Waals surface area contributed by atoms with Crippen LogP contribution in [0.25, 0.3) is 22.3 Å². The van der Waals surface area contributed by atoms with Gasteiger partial charge in [-0.1, -0.05) is 30.3 Å². The van der Waals surface area contributed by atoms with Crippen LogP contribution in [0.5, 0.6) is 23.0 Å². The number of nitrogens with one attached hydrogen (secondary N) is 1. The SMILES string of the molecule is CNC[C@@H](c1ccccc1)c1c(-c2ccc(O)cc2)oc2cc(O[C@@H]3O[C@H](C(=O)O)[C@@H](O)[C@@](O)(CN=C(N)N)[C@H]3O)c(O)c(O)c2c1=O. The Morgan fingerprint density at radius 1 is 1.04 bits per heavy atom. The van der Waals surface area contributed by atoms with Gasteiger partial charge in [-0.2, -0.15) is 0 Å². The summed E-state index contributed by atoms with van der Waals surface area (Å²) >= 11 is 0. The number of nitrogens with two attached hydrogens (primary N) is 2. The zero-order valence-electron chi connectivity index (χ0n) is 25.3. The smallest absolute Gasteiger partial charge is 0.335 e. The summed E-state index contributed by atoms with van der Waals surface area (Å²) < 4.78 is 17.0. The molecule has 1 fully saturated rings. The molecule has 254 valence electrons. The van der Waals surface area contributed by atoms with E-state index in [0.717, 1.165) is 11.6 Å². The topological polar surface area (TPSA) is 284 Å². The number of aromatic hydroxyl groups is 3. The summed E-state index contributed by atoms with van der Waals surface area (Å²) in [5, 5.41) is 77.0. The van der Waals surface area contributed by atoms with E-state index in [1.54, 1.807) is 19.2 Å². The second kappa shape index (κ2) is 13.4. The molecule has 0 bridgehead atoms. The minimum absolute atomic E-state index is 0.0489. The van der Waals surface area contributed by atoms with Gasteiger partial charge >= 0.3 is 5.97 Å². The standard InChI is InChI=1S/C32H34N4O12/c1-35-12-17(14-5-3-2-4-6-14)20-23(39)21-18(46-25(20)15-7-9-16(37)10-8-15)11-19(22(38)24(21)40)47-30-28(42)32(45,13-36-31(33)34)27(41)26(48-30)29(43)44/h2-11,17,26-28,30,35,37-38,40-42,45H,12-13H2,1H3,(H,43,44)(H4,33,34,36)/t17-,26-,27+,28-,30+,32-/m0/s1. The Morgan fingerprint density at radius 2 is 1.71 bits per heavy atom. The number of guanidine groups is 1. The summed E-state index contributed by atoms with van der Waals surface area (Å²) in [6.45, 7) is -0.613. The van der Waals surface area contributed by atoms with Crippen molar-refractivity contribution in [2.24, 2.45) is 16.5 Å². The van der Waals surface area contributed by atoms with E-state index in [0.29, 0.717) is 5.56 Å². The fourth-order valence-electron chi connectivity index (χ4n) is 5.61. The monoisotopic (exact) mass is 666 g/mol. The summed E-state index contributed by atoms with van der Waals surface area (Å²) in [5.41, 5.74) is 8.12. The molecule has 1 saturated heterocycles. The first-order valence-corrected chi connectivity index (χ1v) is 14.5. The van der Waals surface area contributed by atoms with E-state index in [1.807, 2.05) is 18.2 Å². The van der Waals surface area contributed by atoms with Crippen LogP contribution in [0.15, 0.2) is 74.9 Å². The van der Waals surface area contributed by atoms with Crippen LogP contribution < -0.4 is 26.9 Å². The van der Waals surface area contributed by atoms with Gasteiger partial charge in [0.1, 0.15) is 40.3 Å². The van der Waals surface area contributed by atoms with E-state index in [1.165, 1.54) is 24.3 Å². The highest BCUT2D eigenvalue weighted by Crippen LogP contribution is 2.45. The highest BCUT2D eigenvalue weighted by molar-refractivity contribution is 5.90. The molecule has 48 heavy (non-hydrogen) atoms. The van der Waals surface area contributed by atoms with Gasteiger partial charge in [0, 0.05) is 24.1 Å². The number of carbonyl (C=O) groups is 1. The Morgan fingerprint density at radius 3 is 2.31 bits per heavy atom. The fourth-order valence-corrected chi connectivity index (χ4v) is 5.61. The number of likely N-dealkylation sites (N-methyl/N-ethyl adjacent to an activating group) is 1. The number of aliphatic carboxylic acids is 1. The normalized spacial score (nSPS) is 23.0. The maximum Gasteiger partial charge on any atom is 0.335 e. The number of aliphatic hydroxyl groups excluding tert-OH is 2. The first-order valence-electron chi connectivity index (χ1n) is 14.5. The quantitative estimate of drug-likeness (QED) is 0.0598. The molecular formula is C32H34N4O12. The number of aliphatic imine (C=N–C) groups is 1. The maximum absolute atomic E-state index is 14.3. The molecule has 2 heterocycles. The van der Waals surface area contributed by atoms with E-state index in [4.69, 9.17) is 25.4 Å². The Labute approximate surface area is 271 Å². The van der Waals surface area contributed by atoms with Crippen LogP contribution in [0.2, 0.25) is 0 Å². The van der Waals surface area contributed by atoms with Crippen molar-refractivity contribution in [3.63, 3.8) is 0 Å². The highest BCUT2D eigenvalue weighted by Gasteiger charge is 2.58. The van der Waals surface area contributed by atoms with Crippen LogP contribution in [0, 0.1) is 0 Å². The Hall–Kier alpha value is -5.39. The third-order valence-corrected chi connectivity index (χ3v) is 8.07. The van der Waals surface area contributed by atoms with Crippen molar-refractivity contribution in [2.45, 2.75) is 36.1 Å². The van der Waals surface area contributed by atoms with Gasteiger partial charge in [-0.05, 0) is 36.9 Å². The van der Waals surface area contributed by atoms with Gasteiger partial charge in [0.2, 0.25) is 17.5 Å². The predicted molar refractivity (Wildman–Crippen MR) is 170 cm³/mol. The Bertz CT molecular complexity index is 1900. The van der Waals surface area contributed by atoms with Crippen molar-refractivity contribution >= 4 is 22.9 Å². The Balaban J connectivity index is 1.69. The van der Waals surface area contributed by atoms with Crippen LogP contribution in [0.4, 0.5) is 0 Å². The van der Waals surface area contributed by atoms with E-state index < -0.39 is 82.7 Å². The second-order valence-electron chi connectivity index (χ2n) is 11.2. The zero-order chi connectivity index (χ0) is 34.9. The molecule has 0 aliphatic carbocycles. The van der Waals surface area contributed by atoms with Crippen molar-refractivity contribution in [3.05, 3.63) is 82.0 Å². The van der Waals surface area contributed by atoms with Gasteiger partial charge in [0.05, 0.1) is 12.1 Å².